The molecule has 3 rings (SSSR count). The quantitative estimate of drug-likeness (QED) is 0.705. The Kier molecular flexibility index (Phi) is 4.27. The van der Waals surface area contributed by atoms with Gasteiger partial charge in [-0.3, -0.25) is 0 Å². The largest absolute Gasteiger partial charge is 0.351 e. The molecule has 0 amide bonds. The van der Waals surface area contributed by atoms with E-state index in [4.69, 9.17) is 0 Å². The molecule has 0 fully saturated rings. The highest BCUT2D eigenvalue weighted by Crippen LogP contribution is 2.32. The Hall–Kier alpha value is -1.38. The number of nitrogens with one attached hydrogen (secondary N) is 1. The summed E-state index contributed by atoms with van der Waals surface area (Å²) in [6, 6.07) is 4.80. The molecular formula is C13H10BrFN4S2. The predicted molar refractivity (Wildman–Crippen MR) is 87.2 cm³/mol. The third-order valence-electron chi connectivity index (χ3n) is 2.75. The molecule has 108 valence electrons. The molecule has 8 heteroatoms. The van der Waals surface area contributed by atoms with E-state index in [0.717, 1.165) is 9.48 Å². The van der Waals surface area contributed by atoms with Crippen LogP contribution in [0, 0.1) is 5.82 Å². The van der Waals surface area contributed by atoms with Crippen molar-refractivity contribution in [1.82, 2.24) is 15.2 Å². The molecule has 1 aromatic carbocycles. The third-order valence-corrected chi connectivity index (χ3v) is 5.08. The fourth-order valence-corrected chi connectivity index (χ4v) is 3.60. The third kappa shape index (κ3) is 3.28. The highest BCUT2D eigenvalue weighted by atomic mass is 79.9. The van der Waals surface area contributed by atoms with Crippen LogP contribution in [0.2, 0.25) is 0 Å². The van der Waals surface area contributed by atoms with E-state index in [1.54, 1.807) is 29.7 Å². The minimum Gasteiger partial charge on any atom is -0.351 e. The molecule has 1 unspecified atom stereocenters. The second kappa shape index (κ2) is 6.17. The molecular weight excluding hydrogens is 375 g/mol. The van der Waals surface area contributed by atoms with Crippen LogP contribution in [-0.4, -0.2) is 15.2 Å². The van der Waals surface area contributed by atoms with Gasteiger partial charge in [0.15, 0.2) is 5.01 Å². The molecule has 0 radical (unpaired) electrons. The van der Waals surface area contributed by atoms with Gasteiger partial charge >= 0.3 is 0 Å². The average molecular weight is 385 g/mol. The Morgan fingerprint density at radius 1 is 1.33 bits per heavy atom. The Morgan fingerprint density at radius 3 is 2.95 bits per heavy atom. The second-order valence-electron chi connectivity index (χ2n) is 4.27. The topological polar surface area (TPSA) is 50.7 Å². The lowest BCUT2D eigenvalue weighted by Crippen LogP contribution is -2.05. The Labute approximate surface area is 137 Å². The number of anilines is 1. The molecule has 4 nitrogen and oxygen atoms in total. The Bertz CT molecular complexity index is 744. The molecule has 2 aromatic heterocycles. The molecule has 1 atom stereocenters. The standard InChI is InChI=1S/C13H10BrFN4S2/c1-7(11-16-4-5-20-11)17-13-19-18-12(21-13)9-6-8(14)2-3-10(9)15/h2-7H,1H3,(H,17,19). The lowest BCUT2D eigenvalue weighted by Gasteiger charge is -2.08. The molecule has 0 spiro atoms. The summed E-state index contributed by atoms with van der Waals surface area (Å²) in [5.74, 6) is -0.311. The van der Waals surface area contributed by atoms with Gasteiger partial charge in [-0.05, 0) is 25.1 Å². The number of halogens is 2. The normalized spacial score (nSPS) is 12.3. The zero-order valence-corrected chi connectivity index (χ0v) is 14.1. The first kappa shape index (κ1) is 14.6. The zero-order valence-electron chi connectivity index (χ0n) is 10.9. The first-order valence-corrected chi connectivity index (χ1v) is 8.57. The molecule has 0 aliphatic heterocycles. The number of benzene rings is 1. The molecule has 1 N–H and O–H groups in total. The van der Waals surface area contributed by atoms with Crippen LogP contribution in [0.3, 0.4) is 0 Å². The molecule has 0 saturated heterocycles. The smallest absolute Gasteiger partial charge is 0.206 e. The summed E-state index contributed by atoms with van der Waals surface area (Å²) in [7, 11) is 0. The van der Waals surface area contributed by atoms with E-state index in [0.29, 0.717) is 15.7 Å². The summed E-state index contributed by atoms with van der Waals surface area (Å²) < 4.78 is 14.6. The van der Waals surface area contributed by atoms with E-state index in [2.05, 4.69) is 36.4 Å². The van der Waals surface area contributed by atoms with Gasteiger partial charge in [-0.2, -0.15) is 0 Å². The molecule has 0 aliphatic rings. The van der Waals surface area contributed by atoms with Crippen molar-refractivity contribution in [3.63, 3.8) is 0 Å². The maximum Gasteiger partial charge on any atom is 0.206 e. The van der Waals surface area contributed by atoms with E-state index < -0.39 is 0 Å². The highest BCUT2D eigenvalue weighted by Gasteiger charge is 2.14. The van der Waals surface area contributed by atoms with Gasteiger partial charge in [-0.15, -0.1) is 21.5 Å². The number of thiazole rings is 1. The summed E-state index contributed by atoms with van der Waals surface area (Å²) >= 11 is 6.23. The number of hydrogen-bond donors (Lipinski definition) is 1. The summed E-state index contributed by atoms with van der Waals surface area (Å²) in [6.07, 6.45) is 1.76. The summed E-state index contributed by atoms with van der Waals surface area (Å²) in [4.78, 5) is 4.25. The lowest BCUT2D eigenvalue weighted by atomic mass is 10.2. The minimum atomic E-state index is -0.311. The molecule has 0 saturated carbocycles. The number of hydrogen-bond acceptors (Lipinski definition) is 6. The van der Waals surface area contributed by atoms with Gasteiger partial charge in [0, 0.05) is 21.6 Å². The van der Waals surface area contributed by atoms with Crippen LogP contribution in [0.5, 0.6) is 0 Å². The average Bonchev–Trinajstić information content (AvgIpc) is 3.12. The molecule has 0 aliphatic carbocycles. The van der Waals surface area contributed by atoms with Crippen LogP contribution in [0.4, 0.5) is 9.52 Å². The van der Waals surface area contributed by atoms with Gasteiger partial charge in [0.1, 0.15) is 10.8 Å². The van der Waals surface area contributed by atoms with E-state index in [-0.39, 0.29) is 11.9 Å². The highest BCUT2D eigenvalue weighted by molar-refractivity contribution is 9.10. The Balaban J connectivity index is 1.82. The Morgan fingerprint density at radius 2 is 2.19 bits per heavy atom. The number of rotatable bonds is 4. The fraction of sp³-hybridized carbons (Fsp3) is 0.154. The van der Waals surface area contributed by atoms with Crippen molar-refractivity contribution in [1.29, 1.82) is 0 Å². The van der Waals surface area contributed by atoms with E-state index in [9.17, 15) is 4.39 Å². The second-order valence-corrected chi connectivity index (χ2v) is 7.09. The lowest BCUT2D eigenvalue weighted by molar-refractivity contribution is 0.630. The van der Waals surface area contributed by atoms with Crippen LogP contribution < -0.4 is 5.32 Å². The van der Waals surface area contributed by atoms with E-state index >= 15 is 0 Å². The maximum absolute atomic E-state index is 13.8. The molecule has 21 heavy (non-hydrogen) atoms. The van der Waals surface area contributed by atoms with Crippen LogP contribution in [-0.2, 0) is 0 Å². The summed E-state index contributed by atoms with van der Waals surface area (Å²) in [5, 5.41) is 15.4. The van der Waals surface area contributed by atoms with Crippen molar-refractivity contribution < 1.29 is 4.39 Å². The van der Waals surface area contributed by atoms with Crippen molar-refractivity contribution in [3.05, 3.63) is 45.1 Å². The number of nitrogens with zero attached hydrogens (tertiary/aromatic N) is 3. The van der Waals surface area contributed by atoms with Crippen molar-refractivity contribution in [2.75, 3.05) is 5.32 Å². The van der Waals surface area contributed by atoms with Crippen molar-refractivity contribution >= 4 is 43.7 Å². The van der Waals surface area contributed by atoms with Crippen LogP contribution >= 0.6 is 38.6 Å². The van der Waals surface area contributed by atoms with Gasteiger partial charge in [-0.1, -0.05) is 27.3 Å². The SMILES string of the molecule is CC(Nc1nnc(-c2cc(Br)ccc2F)s1)c1nccs1. The van der Waals surface area contributed by atoms with Crippen molar-refractivity contribution in [2.45, 2.75) is 13.0 Å². The predicted octanol–water partition coefficient (Wildman–Crippen LogP) is 4.74. The first-order valence-electron chi connectivity index (χ1n) is 6.08. The van der Waals surface area contributed by atoms with Crippen LogP contribution in [0.1, 0.15) is 18.0 Å². The minimum absolute atomic E-state index is 0.0400. The monoisotopic (exact) mass is 384 g/mol. The van der Waals surface area contributed by atoms with E-state index in [1.807, 2.05) is 12.3 Å². The van der Waals surface area contributed by atoms with E-state index in [1.165, 1.54) is 17.4 Å². The van der Waals surface area contributed by atoms with Gasteiger partial charge in [0.25, 0.3) is 0 Å². The van der Waals surface area contributed by atoms with Gasteiger partial charge in [0.2, 0.25) is 5.13 Å². The number of aromatic nitrogens is 3. The first-order chi connectivity index (χ1) is 10.1. The van der Waals surface area contributed by atoms with Gasteiger partial charge in [0.05, 0.1) is 6.04 Å². The van der Waals surface area contributed by atoms with Crippen molar-refractivity contribution in [2.24, 2.45) is 0 Å². The van der Waals surface area contributed by atoms with Gasteiger partial charge in [-0.25, -0.2) is 9.37 Å². The fourth-order valence-electron chi connectivity index (χ4n) is 1.75. The molecule has 2 heterocycles. The molecule has 3 aromatic rings. The maximum atomic E-state index is 13.8. The zero-order chi connectivity index (χ0) is 14.8. The van der Waals surface area contributed by atoms with Crippen LogP contribution in [0.15, 0.2) is 34.2 Å². The van der Waals surface area contributed by atoms with Gasteiger partial charge < -0.3 is 5.32 Å². The van der Waals surface area contributed by atoms with Crippen molar-refractivity contribution in [3.8, 4) is 10.6 Å². The summed E-state index contributed by atoms with van der Waals surface area (Å²) in [6.45, 7) is 2.00. The molecule has 0 bridgehead atoms. The summed E-state index contributed by atoms with van der Waals surface area (Å²) in [5.41, 5.74) is 0.442. The van der Waals surface area contributed by atoms with Crippen LogP contribution in [0.25, 0.3) is 10.6 Å².